The molecule has 38 heavy (non-hydrogen) atoms. The van der Waals surface area contributed by atoms with Gasteiger partial charge in [0.25, 0.3) is 0 Å². The standard InChI is InChI=1S/C24H43N9O5/c1-5-14(4)19(25)22(36)31-16(7-6-8-29-24(26)27)20(34)32-17(9-13(2)3)21(35)33-18(23(37)38)10-15-11-28-12-30-15/h11-14,16-19H,5-10,25H2,1-4H3,(H,28,30)(H,31,36)(H,32,34)(H,33,35)(H,37,38)(H4,26,27,29). The lowest BCUT2D eigenvalue weighted by molar-refractivity contribution is -0.142. The number of carboxylic acid groups (broad SMARTS) is 1. The van der Waals surface area contributed by atoms with E-state index in [4.69, 9.17) is 17.2 Å². The summed E-state index contributed by atoms with van der Waals surface area (Å²) in [5, 5.41) is 17.5. The van der Waals surface area contributed by atoms with Crippen molar-refractivity contribution < 1.29 is 24.3 Å². The largest absolute Gasteiger partial charge is 0.480 e. The van der Waals surface area contributed by atoms with Gasteiger partial charge in [0, 0.05) is 24.9 Å². The Morgan fingerprint density at radius 2 is 1.63 bits per heavy atom. The molecule has 1 aromatic heterocycles. The molecule has 11 N–H and O–H groups in total. The van der Waals surface area contributed by atoms with Crippen LogP contribution in [0, 0.1) is 11.8 Å². The minimum Gasteiger partial charge on any atom is -0.480 e. The Balaban J connectivity index is 3.03. The van der Waals surface area contributed by atoms with Crippen LogP contribution in [0.2, 0.25) is 0 Å². The maximum atomic E-state index is 13.3. The predicted octanol–water partition coefficient (Wildman–Crippen LogP) is -1.04. The number of amides is 3. The number of nitrogens with two attached hydrogens (primary N) is 3. The van der Waals surface area contributed by atoms with E-state index in [-0.39, 0.29) is 43.6 Å². The third kappa shape index (κ3) is 11.6. The zero-order chi connectivity index (χ0) is 28.8. The number of carbonyl (C=O) groups is 4. The van der Waals surface area contributed by atoms with E-state index in [1.54, 1.807) is 0 Å². The summed E-state index contributed by atoms with van der Waals surface area (Å²) >= 11 is 0. The first kappa shape index (κ1) is 32.3. The van der Waals surface area contributed by atoms with Crippen LogP contribution in [0.5, 0.6) is 0 Å². The molecular weight excluding hydrogens is 494 g/mol. The maximum Gasteiger partial charge on any atom is 0.326 e. The Morgan fingerprint density at radius 1 is 1.03 bits per heavy atom. The summed E-state index contributed by atoms with van der Waals surface area (Å²) in [4.78, 5) is 61.4. The van der Waals surface area contributed by atoms with Gasteiger partial charge in [-0.2, -0.15) is 0 Å². The van der Waals surface area contributed by atoms with Crippen LogP contribution in [-0.4, -0.2) is 75.4 Å². The zero-order valence-electron chi connectivity index (χ0n) is 22.6. The SMILES string of the molecule is CCC(C)C(N)C(=O)NC(CCCN=C(N)N)C(=O)NC(CC(C)C)C(=O)NC(Cc1cnc[nH]1)C(=O)O. The summed E-state index contributed by atoms with van der Waals surface area (Å²) in [6.07, 6.45) is 4.35. The molecule has 5 unspecified atom stereocenters. The van der Waals surface area contributed by atoms with Gasteiger partial charge >= 0.3 is 5.97 Å². The Kier molecular flexibility index (Phi) is 13.8. The fourth-order valence-electron chi connectivity index (χ4n) is 3.62. The lowest BCUT2D eigenvalue weighted by Gasteiger charge is -2.26. The van der Waals surface area contributed by atoms with Gasteiger partial charge in [-0.1, -0.05) is 34.1 Å². The van der Waals surface area contributed by atoms with Crippen LogP contribution < -0.4 is 33.2 Å². The Morgan fingerprint density at radius 3 is 2.16 bits per heavy atom. The minimum absolute atomic E-state index is 0.00401. The predicted molar refractivity (Wildman–Crippen MR) is 143 cm³/mol. The molecule has 1 rings (SSSR count). The molecule has 0 aliphatic heterocycles. The number of aromatic amines is 1. The number of aliphatic imine (C=N–C) groups is 1. The molecule has 0 bridgehead atoms. The van der Waals surface area contributed by atoms with Gasteiger partial charge in [-0.3, -0.25) is 19.4 Å². The highest BCUT2D eigenvalue weighted by atomic mass is 16.4. The van der Waals surface area contributed by atoms with E-state index in [1.165, 1.54) is 12.5 Å². The van der Waals surface area contributed by atoms with Crippen molar-refractivity contribution in [3.8, 4) is 0 Å². The van der Waals surface area contributed by atoms with Crippen LogP contribution in [0.1, 0.15) is 59.1 Å². The number of H-pyrrole nitrogens is 1. The number of hydrogen-bond acceptors (Lipinski definition) is 7. The van der Waals surface area contributed by atoms with Gasteiger partial charge < -0.3 is 43.2 Å². The summed E-state index contributed by atoms with van der Waals surface area (Å²) < 4.78 is 0. The molecule has 0 radical (unpaired) electrons. The normalized spacial score (nSPS) is 15.0. The molecule has 0 aliphatic carbocycles. The van der Waals surface area contributed by atoms with Crippen molar-refractivity contribution >= 4 is 29.7 Å². The Bertz CT molecular complexity index is 932. The molecule has 0 spiro atoms. The Hall–Kier alpha value is -3.68. The number of nitrogens with zero attached hydrogens (tertiary/aromatic N) is 2. The van der Waals surface area contributed by atoms with Crippen molar-refractivity contribution in [1.29, 1.82) is 0 Å². The highest BCUT2D eigenvalue weighted by Crippen LogP contribution is 2.10. The molecule has 1 heterocycles. The first-order chi connectivity index (χ1) is 17.8. The van der Waals surface area contributed by atoms with E-state index in [0.29, 0.717) is 18.5 Å². The minimum atomic E-state index is -1.24. The summed E-state index contributed by atoms with van der Waals surface area (Å²) in [7, 11) is 0. The summed E-state index contributed by atoms with van der Waals surface area (Å²) in [6, 6.07) is -4.10. The van der Waals surface area contributed by atoms with Gasteiger partial charge in [-0.25, -0.2) is 9.78 Å². The maximum absolute atomic E-state index is 13.3. The molecule has 3 amide bonds. The van der Waals surface area contributed by atoms with Crippen molar-refractivity contribution in [2.75, 3.05) is 6.54 Å². The quantitative estimate of drug-likeness (QED) is 0.0686. The highest BCUT2D eigenvalue weighted by Gasteiger charge is 2.31. The molecule has 0 saturated heterocycles. The lowest BCUT2D eigenvalue weighted by Crippen LogP contribution is -2.58. The number of nitrogens with one attached hydrogen (secondary N) is 4. The molecule has 214 valence electrons. The highest BCUT2D eigenvalue weighted by molar-refractivity contribution is 5.94. The van der Waals surface area contributed by atoms with Crippen LogP contribution in [-0.2, 0) is 25.6 Å². The fraction of sp³-hybridized carbons (Fsp3) is 0.667. The second kappa shape index (κ2) is 16.2. The number of aliphatic carboxylic acids is 1. The third-order valence-electron chi connectivity index (χ3n) is 6.07. The molecule has 1 aromatic rings. The van der Waals surface area contributed by atoms with Gasteiger partial charge in [-0.05, 0) is 31.1 Å². The summed E-state index contributed by atoms with van der Waals surface area (Å²) in [6.45, 7) is 7.71. The Labute approximate surface area is 223 Å². The molecule has 14 heteroatoms. The fourth-order valence-corrected chi connectivity index (χ4v) is 3.62. The van der Waals surface area contributed by atoms with Crippen LogP contribution >= 0.6 is 0 Å². The average molecular weight is 538 g/mol. The van der Waals surface area contributed by atoms with Gasteiger partial charge in [0.2, 0.25) is 17.7 Å². The number of guanidine groups is 1. The number of hydrogen-bond donors (Lipinski definition) is 8. The van der Waals surface area contributed by atoms with Crippen LogP contribution in [0.4, 0.5) is 0 Å². The molecular formula is C24H43N9O5. The second-order valence-corrected chi connectivity index (χ2v) is 9.79. The smallest absolute Gasteiger partial charge is 0.326 e. The van der Waals surface area contributed by atoms with Crippen molar-refractivity contribution in [1.82, 2.24) is 25.9 Å². The number of aromatic nitrogens is 2. The van der Waals surface area contributed by atoms with Crippen molar-refractivity contribution in [3.05, 3.63) is 18.2 Å². The van der Waals surface area contributed by atoms with Gasteiger partial charge in [0.05, 0.1) is 12.4 Å². The topological polar surface area (TPSA) is 244 Å². The summed E-state index contributed by atoms with van der Waals surface area (Å²) in [5.74, 6) is -3.17. The van der Waals surface area contributed by atoms with Crippen LogP contribution in [0.25, 0.3) is 0 Å². The van der Waals surface area contributed by atoms with E-state index in [9.17, 15) is 24.3 Å². The first-order valence-corrected chi connectivity index (χ1v) is 12.8. The molecule has 14 nitrogen and oxygen atoms in total. The number of carboxylic acids is 1. The number of rotatable bonds is 17. The summed E-state index contributed by atoms with van der Waals surface area (Å²) in [5.41, 5.74) is 17.3. The second-order valence-electron chi connectivity index (χ2n) is 9.79. The lowest BCUT2D eigenvalue weighted by atomic mass is 9.98. The van der Waals surface area contributed by atoms with E-state index in [2.05, 4.69) is 30.9 Å². The van der Waals surface area contributed by atoms with E-state index >= 15 is 0 Å². The van der Waals surface area contributed by atoms with E-state index < -0.39 is 47.9 Å². The van der Waals surface area contributed by atoms with E-state index in [0.717, 1.165) is 0 Å². The average Bonchev–Trinajstić information content (AvgIpc) is 3.36. The van der Waals surface area contributed by atoms with Crippen molar-refractivity contribution in [3.63, 3.8) is 0 Å². The molecule has 5 atom stereocenters. The molecule has 0 fully saturated rings. The van der Waals surface area contributed by atoms with Crippen molar-refractivity contribution in [2.45, 2.75) is 84.0 Å². The van der Waals surface area contributed by atoms with Crippen LogP contribution in [0.15, 0.2) is 17.5 Å². The molecule has 0 saturated carbocycles. The monoisotopic (exact) mass is 537 g/mol. The molecule has 0 aromatic carbocycles. The van der Waals surface area contributed by atoms with Gasteiger partial charge in [-0.15, -0.1) is 0 Å². The van der Waals surface area contributed by atoms with Crippen molar-refractivity contribution in [2.24, 2.45) is 34.0 Å². The van der Waals surface area contributed by atoms with Crippen LogP contribution in [0.3, 0.4) is 0 Å². The van der Waals surface area contributed by atoms with Gasteiger partial charge in [0.15, 0.2) is 5.96 Å². The third-order valence-corrected chi connectivity index (χ3v) is 6.07. The van der Waals surface area contributed by atoms with E-state index in [1.807, 2.05) is 27.7 Å². The number of imidazole rings is 1. The first-order valence-electron chi connectivity index (χ1n) is 12.8. The zero-order valence-corrected chi connectivity index (χ0v) is 22.6. The number of carbonyl (C=O) groups excluding carboxylic acids is 3. The molecule has 0 aliphatic rings. The van der Waals surface area contributed by atoms with Gasteiger partial charge in [0.1, 0.15) is 18.1 Å².